The first-order chi connectivity index (χ1) is 19.4. The van der Waals surface area contributed by atoms with E-state index in [0.29, 0.717) is 35.1 Å². The van der Waals surface area contributed by atoms with Crippen LogP contribution in [0.15, 0.2) is 62.9 Å². The van der Waals surface area contributed by atoms with Gasteiger partial charge in [0.05, 0.1) is 17.3 Å². The third-order valence-electron chi connectivity index (χ3n) is 5.80. The minimum atomic E-state index is -4.43. The zero-order valence-electron chi connectivity index (χ0n) is 23.3. The van der Waals surface area contributed by atoms with E-state index in [0.717, 1.165) is 18.4 Å². The molecule has 3 rings (SSSR count). The number of aromatic nitrogens is 2. The van der Waals surface area contributed by atoms with E-state index in [1.54, 1.807) is 68.1 Å². The molecule has 222 valence electrons. The summed E-state index contributed by atoms with van der Waals surface area (Å²) in [6.45, 7) is 3.84. The van der Waals surface area contributed by atoms with Gasteiger partial charge in [-0.2, -0.15) is 21.6 Å². The maximum absolute atomic E-state index is 13.0. The van der Waals surface area contributed by atoms with Crippen molar-refractivity contribution in [3.8, 4) is 11.1 Å². The topological polar surface area (TPSA) is 93.9 Å². The van der Waals surface area contributed by atoms with Crippen molar-refractivity contribution in [1.29, 1.82) is 0 Å². The molecule has 0 aliphatic carbocycles. The molecule has 1 aromatic heterocycles. The number of hydrogen-bond acceptors (Lipinski definition) is 6. The third kappa shape index (κ3) is 8.83. The molecule has 13 heteroatoms. The molecule has 3 aromatic rings. The molecule has 0 N–H and O–H groups in total. The van der Waals surface area contributed by atoms with Gasteiger partial charge in [-0.3, -0.25) is 0 Å². The van der Waals surface area contributed by atoms with Crippen LogP contribution in [0, 0.1) is 0 Å². The van der Waals surface area contributed by atoms with Crippen molar-refractivity contribution in [2.75, 3.05) is 26.5 Å². The van der Waals surface area contributed by atoms with E-state index < -0.39 is 27.9 Å². The van der Waals surface area contributed by atoms with Crippen LogP contribution >= 0.6 is 11.8 Å². The second-order valence-corrected chi connectivity index (χ2v) is 11.9. The zero-order chi connectivity index (χ0) is 30.2. The average Bonchev–Trinajstić information content (AvgIpc) is 3.26. The first kappa shape index (κ1) is 32.2. The molecule has 0 aliphatic rings. The molecule has 2 aromatic carbocycles. The van der Waals surface area contributed by atoms with Gasteiger partial charge in [-0.05, 0) is 30.5 Å². The Morgan fingerprint density at radius 2 is 1.80 bits per heavy atom. The lowest BCUT2D eigenvalue weighted by Gasteiger charge is -2.13. The molecule has 0 fully saturated rings. The van der Waals surface area contributed by atoms with Crippen molar-refractivity contribution in [2.24, 2.45) is 4.40 Å². The number of nitrogens with zero attached hydrogens (tertiary/aromatic N) is 4. The van der Waals surface area contributed by atoms with Gasteiger partial charge in [-0.15, -0.1) is 4.40 Å². The molecule has 0 atom stereocenters. The molecule has 0 radical (unpaired) electrons. The summed E-state index contributed by atoms with van der Waals surface area (Å²) in [7, 11) is -0.621. The fraction of sp³-hybridized carbons (Fsp3) is 0.393. The van der Waals surface area contributed by atoms with Crippen LogP contribution < -0.4 is 0 Å². The number of aryl methyl sites for hydroxylation is 1. The first-order valence-corrected chi connectivity index (χ1v) is 15.4. The van der Waals surface area contributed by atoms with E-state index in [1.165, 1.54) is 17.3 Å². The van der Waals surface area contributed by atoms with E-state index in [9.17, 15) is 26.4 Å². The largest absolute Gasteiger partial charge is 0.461 e. The highest BCUT2D eigenvalue weighted by Crippen LogP contribution is 2.32. The Morgan fingerprint density at radius 1 is 1.12 bits per heavy atom. The highest BCUT2D eigenvalue weighted by molar-refractivity contribution is 7.99. The molecular formula is C28H33F3N4O4S2. The average molecular weight is 611 g/mol. The SMILES string of the molecule is CCCCc1nc(SCC(F)(F)F)c(C(=O)OCC)n1Cc1ccc(-c2ccccc2S(=O)(=O)/N=C/N(C)C)cc1. The number of halogens is 3. The van der Waals surface area contributed by atoms with E-state index in [1.807, 2.05) is 6.92 Å². The molecule has 0 bridgehead atoms. The van der Waals surface area contributed by atoms with Crippen LogP contribution in [-0.2, 0) is 27.7 Å². The molecule has 0 unspecified atom stereocenters. The van der Waals surface area contributed by atoms with Crippen LogP contribution in [0.3, 0.4) is 0 Å². The second kappa shape index (κ2) is 14.0. The summed E-state index contributed by atoms with van der Waals surface area (Å²) >= 11 is 0.467. The van der Waals surface area contributed by atoms with Crippen molar-refractivity contribution in [2.45, 2.75) is 55.8 Å². The maximum Gasteiger partial charge on any atom is 0.398 e. The number of thioether (sulfide) groups is 1. The quantitative estimate of drug-likeness (QED) is 0.101. The summed E-state index contributed by atoms with van der Waals surface area (Å²) in [6, 6.07) is 13.6. The number of rotatable bonds is 13. The molecule has 41 heavy (non-hydrogen) atoms. The minimum absolute atomic E-state index is 0.00790. The van der Waals surface area contributed by atoms with Gasteiger partial charge in [0.2, 0.25) is 0 Å². The second-order valence-electron chi connectivity index (χ2n) is 9.35. The Labute approximate surface area is 242 Å². The lowest BCUT2D eigenvalue weighted by Crippen LogP contribution is -2.16. The molecule has 0 saturated carbocycles. The van der Waals surface area contributed by atoms with Crippen molar-refractivity contribution >= 4 is 34.1 Å². The molecular weight excluding hydrogens is 577 g/mol. The number of carbonyl (C=O) groups excluding carboxylic acids is 1. The van der Waals surface area contributed by atoms with Crippen molar-refractivity contribution < 1.29 is 31.1 Å². The van der Waals surface area contributed by atoms with Crippen LogP contribution in [0.25, 0.3) is 11.1 Å². The fourth-order valence-electron chi connectivity index (χ4n) is 3.93. The van der Waals surface area contributed by atoms with Gasteiger partial charge in [0.15, 0.2) is 5.69 Å². The monoisotopic (exact) mass is 610 g/mol. The number of imidazole rings is 1. The Morgan fingerprint density at radius 3 is 2.41 bits per heavy atom. The summed E-state index contributed by atoms with van der Waals surface area (Å²) in [6.07, 6.45) is -1.15. The van der Waals surface area contributed by atoms with E-state index >= 15 is 0 Å². The molecule has 8 nitrogen and oxygen atoms in total. The van der Waals surface area contributed by atoms with Gasteiger partial charge < -0.3 is 14.2 Å². The molecule has 0 aliphatic heterocycles. The fourth-order valence-corrected chi connectivity index (χ4v) is 5.88. The van der Waals surface area contributed by atoms with Gasteiger partial charge in [0, 0.05) is 32.6 Å². The van der Waals surface area contributed by atoms with Gasteiger partial charge in [-0.1, -0.05) is 67.6 Å². The summed E-state index contributed by atoms with van der Waals surface area (Å²) in [5, 5.41) is -0.0130. The van der Waals surface area contributed by atoms with E-state index in [4.69, 9.17) is 4.74 Å². The van der Waals surface area contributed by atoms with Crippen LogP contribution in [-0.4, -0.2) is 67.8 Å². The predicted molar refractivity (Wildman–Crippen MR) is 154 cm³/mol. The van der Waals surface area contributed by atoms with Gasteiger partial charge >= 0.3 is 12.1 Å². The van der Waals surface area contributed by atoms with Gasteiger partial charge in [0.25, 0.3) is 10.0 Å². The number of alkyl halides is 3. The van der Waals surface area contributed by atoms with Crippen LogP contribution in [0.5, 0.6) is 0 Å². The Kier molecular flexibility index (Phi) is 11.0. The summed E-state index contributed by atoms with van der Waals surface area (Å²) in [5.74, 6) is -1.42. The number of benzene rings is 2. The Hall–Kier alpha value is -3.32. The lowest BCUT2D eigenvalue weighted by atomic mass is 10.0. The zero-order valence-corrected chi connectivity index (χ0v) is 24.9. The first-order valence-electron chi connectivity index (χ1n) is 13.0. The number of carbonyl (C=O) groups is 1. The van der Waals surface area contributed by atoms with Gasteiger partial charge in [-0.25, -0.2) is 9.78 Å². The summed E-state index contributed by atoms with van der Waals surface area (Å²) in [4.78, 5) is 18.9. The van der Waals surface area contributed by atoms with Crippen molar-refractivity contribution in [3.05, 3.63) is 65.6 Å². The maximum atomic E-state index is 13.0. The molecule has 0 amide bonds. The normalized spacial score (nSPS) is 12.2. The number of ether oxygens (including phenoxy) is 1. The number of hydrogen-bond donors (Lipinski definition) is 0. The van der Waals surface area contributed by atoms with Crippen LogP contribution in [0.1, 0.15) is 48.6 Å². The third-order valence-corrected chi connectivity index (χ3v) is 8.11. The van der Waals surface area contributed by atoms with Crippen molar-refractivity contribution in [1.82, 2.24) is 14.5 Å². The predicted octanol–water partition coefficient (Wildman–Crippen LogP) is 6.05. The Bertz CT molecular complexity index is 1470. The highest BCUT2D eigenvalue weighted by atomic mass is 32.2. The lowest BCUT2D eigenvalue weighted by molar-refractivity contribution is -0.105. The number of esters is 1. The van der Waals surface area contributed by atoms with Crippen molar-refractivity contribution in [3.63, 3.8) is 0 Å². The molecule has 0 spiro atoms. The molecule has 0 saturated heterocycles. The van der Waals surface area contributed by atoms with Crippen LogP contribution in [0.4, 0.5) is 13.2 Å². The summed E-state index contributed by atoms with van der Waals surface area (Å²) in [5.41, 5.74) is 1.84. The minimum Gasteiger partial charge on any atom is -0.461 e. The Balaban J connectivity index is 2.01. The number of sulfonamides is 1. The number of unbranched alkanes of at least 4 members (excludes halogenated alkanes) is 1. The van der Waals surface area contributed by atoms with Gasteiger partial charge in [0.1, 0.15) is 17.2 Å². The van der Waals surface area contributed by atoms with E-state index in [2.05, 4.69) is 9.38 Å². The summed E-state index contributed by atoms with van der Waals surface area (Å²) < 4.78 is 75.4. The smallest absolute Gasteiger partial charge is 0.398 e. The standard InChI is InChI=1S/C28H33F3N4O4S2/c1-5-7-12-24-33-26(40-18-28(29,30)31)25(27(36)39-6-2)35(24)17-20-13-15-21(16-14-20)22-10-8-9-11-23(22)41(37,38)32-19-34(3)4/h8-11,13-16,19H,5-7,12,17-18H2,1-4H3/b32-19+. The molecule has 1 heterocycles. The van der Waals surface area contributed by atoms with E-state index in [-0.39, 0.29) is 28.8 Å². The highest BCUT2D eigenvalue weighted by Gasteiger charge is 2.31. The van der Waals surface area contributed by atoms with Crippen LogP contribution in [0.2, 0.25) is 0 Å².